The highest BCUT2D eigenvalue weighted by Crippen LogP contribution is 2.53. The van der Waals surface area contributed by atoms with Crippen LogP contribution < -0.4 is 10.2 Å². The van der Waals surface area contributed by atoms with Crippen LogP contribution in [0.3, 0.4) is 0 Å². The van der Waals surface area contributed by atoms with E-state index >= 15 is 0 Å². The molecule has 3 aliphatic heterocycles. The summed E-state index contributed by atoms with van der Waals surface area (Å²) in [4.78, 5) is 38.7. The van der Waals surface area contributed by atoms with E-state index in [4.69, 9.17) is 4.98 Å². The van der Waals surface area contributed by atoms with Crippen molar-refractivity contribution in [3.8, 4) is 0 Å². The molecule has 178 valence electrons. The summed E-state index contributed by atoms with van der Waals surface area (Å²) in [6.45, 7) is 1.18. The summed E-state index contributed by atoms with van der Waals surface area (Å²) in [6.07, 6.45) is 8.65. The zero-order valence-electron chi connectivity index (χ0n) is 19.4. The van der Waals surface area contributed by atoms with Crippen LogP contribution in [-0.4, -0.2) is 56.0 Å². The summed E-state index contributed by atoms with van der Waals surface area (Å²) in [5.41, 5.74) is 2.12. The van der Waals surface area contributed by atoms with Crippen molar-refractivity contribution in [3.05, 3.63) is 59.4 Å². The molecule has 2 aliphatic carbocycles. The Labute approximate surface area is 202 Å². The van der Waals surface area contributed by atoms with E-state index in [0.29, 0.717) is 41.4 Å². The lowest BCUT2D eigenvalue weighted by Gasteiger charge is -2.38. The smallest absolute Gasteiger partial charge is 0.261 e. The minimum Gasteiger partial charge on any atom is -0.337 e. The minimum atomic E-state index is -0.180. The molecule has 3 aromatic rings. The maximum absolute atomic E-state index is 12.9. The number of aromatic nitrogens is 4. The number of hydrogen-bond donors (Lipinski definition) is 2. The number of carbonyl (C=O) groups is 2. The number of amides is 2. The van der Waals surface area contributed by atoms with Crippen molar-refractivity contribution in [2.75, 3.05) is 23.3 Å². The molecule has 9 nitrogen and oxygen atoms in total. The maximum Gasteiger partial charge on any atom is 0.261 e. The third-order valence-electron chi connectivity index (χ3n) is 8.20. The first-order valence-corrected chi connectivity index (χ1v) is 12.5. The van der Waals surface area contributed by atoms with Crippen LogP contribution in [0.15, 0.2) is 42.6 Å². The van der Waals surface area contributed by atoms with Gasteiger partial charge in [-0.2, -0.15) is 10.1 Å². The lowest BCUT2D eigenvalue weighted by atomic mass is 9.70. The van der Waals surface area contributed by atoms with E-state index in [1.54, 1.807) is 30.5 Å². The van der Waals surface area contributed by atoms with Gasteiger partial charge in [0.15, 0.2) is 5.82 Å². The molecule has 0 radical (unpaired) electrons. The van der Waals surface area contributed by atoms with E-state index in [1.165, 1.54) is 36.3 Å². The summed E-state index contributed by atoms with van der Waals surface area (Å²) in [7, 11) is 0. The molecule has 5 aliphatic rings. The Bertz CT molecular complexity index is 1290. The number of fused-ring (bicyclic) bond motifs is 2. The Kier molecular flexibility index (Phi) is 4.49. The number of aromatic amines is 1. The molecule has 35 heavy (non-hydrogen) atoms. The molecular formula is C26H27N7O2. The van der Waals surface area contributed by atoms with Crippen molar-refractivity contribution in [2.24, 2.45) is 5.41 Å². The van der Waals surface area contributed by atoms with Crippen LogP contribution in [0.25, 0.3) is 0 Å². The van der Waals surface area contributed by atoms with E-state index in [-0.39, 0.29) is 17.2 Å². The van der Waals surface area contributed by atoms with Crippen LogP contribution in [0.1, 0.15) is 70.9 Å². The molecule has 1 aromatic carbocycles. The number of nitrogens with zero attached hydrogens (tertiary/aromatic N) is 5. The van der Waals surface area contributed by atoms with E-state index in [0.717, 1.165) is 25.2 Å². The van der Waals surface area contributed by atoms with E-state index in [9.17, 15) is 9.59 Å². The SMILES string of the molecule is O=C1c2ccccc2C(=O)N1CC12CC(C1)N(c1nccc(Nc3cc(C4CCCC4)[nH]n3)n1)C2. The second kappa shape index (κ2) is 7.63. The number of rotatable bonds is 6. The van der Waals surface area contributed by atoms with Gasteiger partial charge in [-0.25, -0.2) is 4.98 Å². The van der Waals surface area contributed by atoms with Gasteiger partial charge in [-0.05, 0) is 43.9 Å². The number of carbonyl (C=O) groups excluding carboxylic acids is 2. The predicted octanol–water partition coefficient (Wildman–Crippen LogP) is 3.87. The summed E-state index contributed by atoms with van der Waals surface area (Å²) in [6, 6.07) is 11.4. The molecule has 2 amide bonds. The van der Waals surface area contributed by atoms with Gasteiger partial charge < -0.3 is 10.2 Å². The number of imide groups is 1. The Hall–Kier alpha value is -3.75. The van der Waals surface area contributed by atoms with Crippen molar-refractivity contribution in [2.45, 2.75) is 50.5 Å². The topological polar surface area (TPSA) is 107 Å². The van der Waals surface area contributed by atoms with Crippen LogP contribution in [0.5, 0.6) is 0 Å². The first-order chi connectivity index (χ1) is 17.1. The molecule has 5 heterocycles. The highest BCUT2D eigenvalue weighted by molar-refractivity contribution is 6.21. The summed E-state index contributed by atoms with van der Waals surface area (Å²) in [5, 5.41) is 10.9. The average molecular weight is 470 g/mol. The largest absolute Gasteiger partial charge is 0.337 e. The number of H-pyrrole nitrogens is 1. The maximum atomic E-state index is 12.9. The average Bonchev–Trinajstić information content (AvgIpc) is 3.67. The fourth-order valence-electron chi connectivity index (χ4n) is 6.45. The molecule has 2 bridgehead atoms. The number of benzene rings is 1. The van der Waals surface area contributed by atoms with Gasteiger partial charge in [-0.15, -0.1) is 0 Å². The van der Waals surface area contributed by atoms with Gasteiger partial charge in [0.2, 0.25) is 5.95 Å². The third kappa shape index (κ3) is 3.32. The van der Waals surface area contributed by atoms with Crippen molar-refractivity contribution in [1.82, 2.24) is 25.1 Å². The lowest BCUT2D eigenvalue weighted by molar-refractivity contribution is 0.0519. The molecule has 8 rings (SSSR count). The van der Waals surface area contributed by atoms with E-state index < -0.39 is 0 Å². The van der Waals surface area contributed by atoms with Gasteiger partial charge >= 0.3 is 0 Å². The Balaban J connectivity index is 1.04. The number of nitrogens with one attached hydrogen (secondary N) is 2. The molecule has 2 N–H and O–H groups in total. The monoisotopic (exact) mass is 469 g/mol. The van der Waals surface area contributed by atoms with Gasteiger partial charge in [-0.1, -0.05) is 25.0 Å². The molecule has 4 fully saturated rings. The van der Waals surface area contributed by atoms with Gasteiger partial charge in [0, 0.05) is 48.4 Å². The molecule has 0 spiro atoms. The first kappa shape index (κ1) is 20.6. The second-order valence-corrected chi connectivity index (χ2v) is 10.5. The highest BCUT2D eigenvalue weighted by Gasteiger charge is 2.58. The molecule has 2 saturated carbocycles. The predicted molar refractivity (Wildman–Crippen MR) is 130 cm³/mol. The van der Waals surface area contributed by atoms with E-state index in [2.05, 4.69) is 31.5 Å². The lowest BCUT2D eigenvalue weighted by Crippen LogP contribution is -2.46. The van der Waals surface area contributed by atoms with Crippen molar-refractivity contribution < 1.29 is 9.59 Å². The fourth-order valence-corrected chi connectivity index (χ4v) is 6.45. The van der Waals surface area contributed by atoms with Crippen LogP contribution >= 0.6 is 0 Å². The highest BCUT2D eigenvalue weighted by atomic mass is 16.2. The quantitative estimate of drug-likeness (QED) is 0.528. The van der Waals surface area contributed by atoms with Gasteiger partial charge in [0.05, 0.1) is 11.1 Å². The van der Waals surface area contributed by atoms with Crippen molar-refractivity contribution in [3.63, 3.8) is 0 Å². The summed E-state index contributed by atoms with van der Waals surface area (Å²) in [5.74, 6) is 2.37. The third-order valence-corrected chi connectivity index (χ3v) is 8.20. The molecule has 9 heteroatoms. The Morgan fingerprint density at radius 1 is 1.03 bits per heavy atom. The zero-order chi connectivity index (χ0) is 23.6. The Morgan fingerprint density at radius 3 is 2.51 bits per heavy atom. The Morgan fingerprint density at radius 2 is 1.77 bits per heavy atom. The molecule has 2 saturated heterocycles. The number of anilines is 3. The molecular weight excluding hydrogens is 442 g/mol. The first-order valence-electron chi connectivity index (χ1n) is 12.5. The van der Waals surface area contributed by atoms with Crippen LogP contribution in [0, 0.1) is 5.41 Å². The molecule has 2 aromatic heterocycles. The summed E-state index contributed by atoms with van der Waals surface area (Å²) < 4.78 is 0. The fraction of sp³-hybridized carbons (Fsp3) is 0.423. The van der Waals surface area contributed by atoms with E-state index in [1.807, 2.05) is 6.07 Å². The van der Waals surface area contributed by atoms with Crippen molar-refractivity contribution >= 4 is 29.4 Å². The van der Waals surface area contributed by atoms with Crippen LogP contribution in [0.4, 0.5) is 17.6 Å². The zero-order valence-corrected chi connectivity index (χ0v) is 19.4. The summed E-state index contributed by atoms with van der Waals surface area (Å²) >= 11 is 0. The van der Waals surface area contributed by atoms with Crippen LogP contribution in [0.2, 0.25) is 0 Å². The number of hydrogen-bond acceptors (Lipinski definition) is 7. The van der Waals surface area contributed by atoms with Gasteiger partial charge in [-0.3, -0.25) is 19.6 Å². The normalized spacial score (nSPS) is 25.3. The molecule has 0 atom stereocenters. The van der Waals surface area contributed by atoms with Crippen molar-refractivity contribution in [1.29, 1.82) is 0 Å². The van der Waals surface area contributed by atoms with Crippen LogP contribution in [-0.2, 0) is 0 Å². The minimum absolute atomic E-state index is 0.0940. The standard InChI is InChI=1S/C26H27N7O2/c34-23-18-7-3-4-8-19(18)24(35)33(23)15-26-12-17(13-26)32(14-26)25-27-10-9-21(29-25)28-22-11-20(30-31-22)16-5-1-2-6-16/h3-4,7-11,16-17H,1-2,5-6,12-15H2,(H2,27,28,29,30,31). The molecule has 0 unspecified atom stereocenters. The van der Waals surface area contributed by atoms with Gasteiger partial charge in [0.25, 0.3) is 11.8 Å². The van der Waals surface area contributed by atoms with Gasteiger partial charge in [0.1, 0.15) is 5.82 Å². The second-order valence-electron chi connectivity index (χ2n) is 10.5.